The van der Waals surface area contributed by atoms with Crippen LogP contribution in [-0.4, -0.2) is 45.1 Å². The monoisotopic (exact) mass is 367 g/mol. The van der Waals surface area contributed by atoms with Gasteiger partial charge in [0.15, 0.2) is 0 Å². The number of aromatic nitrogens is 2. The Hall–Kier alpha value is -2.47. The molecule has 0 bridgehead atoms. The topological polar surface area (TPSA) is 86.3 Å². The lowest BCUT2D eigenvalue weighted by atomic mass is 9.88. The standard InChI is InChI=1S/C21H25N3O3/c25-18(12-14-4-2-1-3-5-14)15-8-10-24(11-9-15)21(27)17-13-22-19(16-6-7-16)23-20(17)26/h1-5,13,15-16,18,25H,6-12H2,(H,22,23,26). The minimum atomic E-state index is -0.410. The number of carbonyl (C=O) groups excluding carboxylic acids is 1. The summed E-state index contributed by atoms with van der Waals surface area (Å²) >= 11 is 0. The zero-order valence-electron chi connectivity index (χ0n) is 15.3. The Morgan fingerprint density at radius 1 is 1.19 bits per heavy atom. The van der Waals surface area contributed by atoms with E-state index in [1.807, 2.05) is 30.3 Å². The predicted octanol–water partition coefficient (Wildman–Crippen LogP) is 2.10. The van der Waals surface area contributed by atoms with E-state index in [0.717, 1.165) is 31.2 Å². The number of likely N-dealkylation sites (tertiary alicyclic amines) is 1. The lowest BCUT2D eigenvalue weighted by molar-refractivity contribution is 0.0466. The first-order valence-corrected chi connectivity index (χ1v) is 9.72. The summed E-state index contributed by atoms with van der Waals surface area (Å²) in [5.41, 5.74) is 0.891. The van der Waals surface area contributed by atoms with Crippen molar-refractivity contribution in [2.75, 3.05) is 13.1 Å². The summed E-state index contributed by atoms with van der Waals surface area (Å²) < 4.78 is 0. The van der Waals surface area contributed by atoms with Gasteiger partial charge in [-0.2, -0.15) is 0 Å². The van der Waals surface area contributed by atoms with E-state index < -0.39 is 6.10 Å². The van der Waals surface area contributed by atoms with Crippen LogP contribution in [0.1, 0.15) is 53.3 Å². The van der Waals surface area contributed by atoms with Gasteiger partial charge in [-0.3, -0.25) is 9.59 Å². The fraction of sp³-hybridized carbons (Fsp3) is 0.476. The normalized spacial score (nSPS) is 19.1. The quantitative estimate of drug-likeness (QED) is 0.847. The van der Waals surface area contributed by atoms with Gasteiger partial charge in [0.05, 0.1) is 6.10 Å². The molecule has 1 amide bonds. The average Bonchev–Trinajstić information content (AvgIpc) is 3.54. The molecule has 1 unspecified atom stereocenters. The second-order valence-corrected chi connectivity index (χ2v) is 7.67. The van der Waals surface area contributed by atoms with Crippen molar-refractivity contribution in [1.82, 2.24) is 14.9 Å². The summed E-state index contributed by atoms with van der Waals surface area (Å²) in [4.78, 5) is 33.7. The molecular formula is C21H25N3O3. The number of nitrogens with one attached hydrogen (secondary N) is 1. The molecule has 1 aliphatic heterocycles. The molecule has 4 rings (SSSR count). The number of amides is 1. The Balaban J connectivity index is 1.34. The Kier molecular flexibility index (Phi) is 5.07. The third kappa shape index (κ3) is 4.11. The van der Waals surface area contributed by atoms with Crippen LogP contribution in [0.4, 0.5) is 0 Å². The van der Waals surface area contributed by atoms with Crippen molar-refractivity contribution in [1.29, 1.82) is 0 Å². The van der Waals surface area contributed by atoms with Crippen LogP contribution in [0.2, 0.25) is 0 Å². The van der Waals surface area contributed by atoms with Crippen molar-refractivity contribution >= 4 is 5.91 Å². The van der Waals surface area contributed by atoms with Crippen LogP contribution >= 0.6 is 0 Å². The molecule has 0 spiro atoms. The molecule has 142 valence electrons. The lowest BCUT2D eigenvalue weighted by Crippen LogP contribution is -2.43. The highest BCUT2D eigenvalue weighted by Crippen LogP contribution is 2.37. The number of hydrogen-bond acceptors (Lipinski definition) is 4. The second-order valence-electron chi connectivity index (χ2n) is 7.67. The molecule has 0 radical (unpaired) electrons. The number of nitrogens with zero attached hydrogens (tertiary/aromatic N) is 2. The zero-order chi connectivity index (χ0) is 18.8. The first-order chi connectivity index (χ1) is 13.1. The molecule has 1 saturated heterocycles. The van der Waals surface area contributed by atoms with Crippen LogP contribution in [0.15, 0.2) is 41.3 Å². The average molecular weight is 367 g/mol. The van der Waals surface area contributed by atoms with E-state index in [1.165, 1.54) is 6.20 Å². The van der Waals surface area contributed by atoms with Crippen molar-refractivity contribution in [2.45, 2.75) is 44.1 Å². The zero-order valence-corrected chi connectivity index (χ0v) is 15.3. The number of benzene rings is 1. The molecule has 1 saturated carbocycles. The molecular weight excluding hydrogens is 342 g/mol. The Morgan fingerprint density at radius 2 is 1.89 bits per heavy atom. The highest BCUT2D eigenvalue weighted by molar-refractivity contribution is 5.93. The molecule has 1 atom stereocenters. The summed E-state index contributed by atoms with van der Waals surface area (Å²) in [6, 6.07) is 9.96. The van der Waals surface area contributed by atoms with Gasteiger partial charge < -0.3 is 15.0 Å². The molecule has 2 aromatic rings. The lowest BCUT2D eigenvalue weighted by Gasteiger charge is -2.34. The third-order valence-corrected chi connectivity index (χ3v) is 5.67. The number of aliphatic hydroxyl groups is 1. The number of hydrogen-bond donors (Lipinski definition) is 2. The minimum absolute atomic E-state index is 0.114. The fourth-order valence-corrected chi connectivity index (χ4v) is 3.81. The largest absolute Gasteiger partial charge is 0.392 e. The van der Waals surface area contributed by atoms with Crippen LogP contribution in [-0.2, 0) is 6.42 Å². The maximum atomic E-state index is 12.7. The Labute approximate surface area is 158 Å². The highest BCUT2D eigenvalue weighted by atomic mass is 16.3. The highest BCUT2D eigenvalue weighted by Gasteiger charge is 2.30. The van der Waals surface area contributed by atoms with Crippen molar-refractivity contribution in [3.05, 3.63) is 63.8 Å². The molecule has 2 heterocycles. The van der Waals surface area contributed by atoms with Gasteiger partial charge in [0.1, 0.15) is 11.4 Å². The van der Waals surface area contributed by atoms with Crippen molar-refractivity contribution < 1.29 is 9.90 Å². The first kappa shape index (κ1) is 17.9. The second kappa shape index (κ2) is 7.64. The van der Waals surface area contributed by atoms with Crippen molar-refractivity contribution in [3.8, 4) is 0 Å². The number of piperidine rings is 1. The van der Waals surface area contributed by atoms with Gasteiger partial charge in [-0.15, -0.1) is 0 Å². The molecule has 6 nitrogen and oxygen atoms in total. The summed E-state index contributed by atoms with van der Waals surface area (Å²) in [6.07, 6.45) is 5.23. The van der Waals surface area contributed by atoms with Gasteiger partial charge in [0, 0.05) is 25.2 Å². The van der Waals surface area contributed by atoms with Crippen LogP contribution in [0.25, 0.3) is 0 Å². The van der Waals surface area contributed by atoms with E-state index in [1.54, 1.807) is 4.90 Å². The molecule has 2 fully saturated rings. The van der Waals surface area contributed by atoms with Crippen LogP contribution in [0.3, 0.4) is 0 Å². The molecule has 1 aliphatic carbocycles. The first-order valence-electron chi connectivity index (χ1n) is 9.72. The van der Waals surface area contributed by atoms with Crippen LogP contribution in [0.5, 0.6) is 0 Å². The predicted molar refractivity (Wildman–Crippen MR) is 102 cm³/mol. The van der Waals surface area contributed by atoms with E-state index in [-0.39, 0.29) is 22.9 Å². The van der Waals surface area contributed by atoms with E-state index >= 15 is 0 Å². The summed E-state index contributed by atoms with van der Waals surface area (Å²) in [5, 5.41) is 10.5. The fourth-order valence-electron chi connectivity index (χ4n) is 3.81. The summed E-state index contributed by atoms with van der Waals surface area (Å²) in [6.45, 7) is 1.11. The smallest absolute Gasteiger partial charge is 0.263 e. The summed E-state index contributed by atoms with van der Waals surface area (Å²) in [7, 11) is 0. The maximum absolute atomic E-state index is 12.7. The van der Waals surface area contributed by atoms with Gasteiger partial charge in [-0.1, -0.05) is 30.3 Å². The number of H-pyrrole nitrogens is 1. The van der Waals surface area contributed by atoms with Crippen LogP contribution < -0.4 is 5.56 Å². The number of carbonyl (C=O) groups is 1. The van der Waals surface area contributed by atoms with Gasteiger partial charge in [-0.25, -0.2) is 4.98 Å². The van der Waals surface area contributed by atoms with Gasteiger partial charge in [0.2, 0.25) is 0 Å². The molecule has 1 aromatic heterocycles. The molecule has 1 aromatic carbocycles. The molecule has 6 heteroatoms. The van der Waals surface area contributed by atoms with E-state index in [0.29, 0.717) is 31.3 Å². The van der Waals surface area contributed by atoms with Crippen LogP contribution in [0, 0.1) is 5.92 Å². The molecule has 2 N–H and O–H groups in total. The SMILES string of the molecule is O=C(c1cnc(C2CC2)[nH]c1=O)N1CCC(C(O)Cc2ccccc2)CC1. The number of aromatic amines is 1. The Bertz CT molecular complexity index is 852. The summed E-state index contributed by atoms with van der Waals surface area (Å²) in [5.74, 6) is 0.952. The Morgan fingerprint density at radius 3 is 2.52 bits per heavy atom. The minimum Gasteiger partial charge on any atom is -0.392 e. The van der Waals surface area contributed by atoms with Gasteiger partial charge in [-0.05, 0) is 43.6 Å². The molecule has 27 heavy (non-hydrogen) atoms. The third-order valence-electron chi connectivity index (χ3n) is 5.67. The van der Waals surface area contributed by atoms with E-state index in [2.05, 4.69) is 9.97 Å². The number of aliphatic hydroxyl groups excluding tert-OH is 1. The van der Waals surface area contributed by atoms with Gasteiger partial charge in [0.25, 0.3) is 11.5 Å². The van der Waals surface area contributed by atoms with E-state index in [4.69, 9.17) is 0 Å². The molecule has 2 aliphatic rings. The van der Waals surface area contributed by atoms with Crippen molar-refractivity contribution in [3.63, 3.8) is 0 Å². The van der Waals surface area contributed by atoms with E-state index in [9.17, 15) is 14.7 Å². The van der Waals surface area contributed by atoms with Crippen molar-refractivity contribution in [2.24, 2.45) is 5.92 Å². The number of rotatable bonds is 5. The van der Waals surface area contributed by atoms with Gasteiger partial charge >= 0.3 is 0 Å². The maximum Gasteiger partial charge on any atom is 0.263 e.